The van der Waals surface area contributed by atoms with Crippen LogP contribution in [-0.2, 0) is 0 Å². The van der Waals surface area contributed by atoms with Crippen molar-refractivity contribution in [3.05, 3.63) is 156 Å². The highest BCUT2D eigenvalue weighted by atomic mass is 15.1. The molecule has 2 unspecified atom stereocenters. The van der Waals surface area contributed by atoms with Crippen LogP contribution in [0.15, 0.2) is 140 Å². The van der Waals surface area contributed by atoms with Gasteiger partial charge >= 0.3 is 0 Å². The number of aromatic nitrogens is 4. The number of nitrogens with zero attached hydrogens (tertiary/aromatic N) is 4. The van der Waals surface area contributed by atoms with E-state index in [0.717, 1.165) is 22.4 Å². The molecule has 1 aliphatic heterocycles. The molecule has 0 bridgehead atoms. The normalized spacial score (nSPS) is 16.3. The SMILES string of the molecule is C1=CC2c3ccccc3NC2c2c1c1ccccc1n2-c1ccc(-c2nc(-c3ccccc3)nc(-c3ccccc3)n2)cc1. The van der Waals surface area contributed by atoms with Gasteiger partial charge in [0, 0.05) is 44.9 Å². The zero-order valence-corrected chi connectivity index (χ0v) is 23.8. The van der Waals surface area contributed by atoms with Crippen LogP contribution in [0.2, 0.25) is 0 Å². The van der Waals surface area contributed by atoms with Crippen LogP contribution in [0.4, 0.5) is 5.69 Å². The van der Waals surface area contributed by atoms with Crippen molar-refractivity contribution >= 4 is 22.7 Å². The Kier molecular flexibility index (Phi) is 5.56. The number of nitrogens with one attached hydrogen (secondary N) is 1. The molecular formula is C39H27N5. The van der Waals surface area contributed by atoms with Crippen LogP contribution in [0, 0.1) is 0 Å². The van der Waals surface area contributed by atoms with Crippen molar-refractivity contribution in [1.82, 2.24) is 19.5 Å². The first-order valence-corrected chi connectivity index (χ1v) is 15.0. The molecular weight excluding hydrogens is 538 g/mol. The Morgan fingerprint density at radius 2 is 1.11 bits per heavy atom. The first-order valence-electron chi connectivity index (χ1n) is 15.0. The minimum Gasteiger partial charge on any atom is -0.376 e. The fraction of sp³-hybridized carbons (Fsp3) is 0.0513. The molecule has 0 radical (unpaired) electrons. The Bertz CT molecular complexity index is 2140. The molecule has 2 atom stereocenters. The number of hydrogen-bond acceptors (Lipinski definition) is 4. The van der Waals surface area contributed by atoms with E-state index in [0.29, 0.717) is 23.4 Å². The third-order valence-electron chi connectivity index (χ3n) is 8.79. The predicted octanol–water partition coefficient (Wildman–Crippen LogP) is 9.09. The summed E-state index contributed by atoms with van der Waals surface area (Å²) in [6.45, 7) is 0. The Labute approximate surface area is 255 Å². The van der Waals surface area contributed by atoms with Crippen molar-refractivity contribution in [2.45, 2.75) is 12.0 Å². The maximum atomic E-state index is 4.93. The second-order valence-electron chi connectivity index (χ2n) is 11.3. The van der Waals surface area contributed by atoms with Gasteiger partial charge in [-0.15, -0.1) is 0 Å². The molecule has 7 aromatic rings. The van der Waals surface area contributed by atoms with Crippen LogP contribution >= 0.6 is 0 Å². The second-order valence-corrected chi connectivity index (χ2v) is 11.3. The number of benzene rings is 5. The first kappa shape index (κ1) is 24.8. The van der Waals surface area contributed by atoms with Crippen LogP contribution < -0.4 is 5.32 Å². The van der Waals surface area contributed by atoms with Crippen LogP contribution in [-0.4, -0.2) is 19.5 Å². The summed E-state index contributed by atoms with van der Waals surface area (Å²) < 4.78 is 2.42. The molecule has 0 amide bonds. The van der Waals surface area contributed by atoms with E-state index in [1.54, 1.807) is 0 Å². The summed E-state index contributed by atoms with van der Waals surface area (Å²) in [4.78, 5) is 14.7. The molecule has 0 spiro atoms. The second kappa shape index (κ2) is 9.89. The van der Waals surface area contributed by atoms with Gasteiger partial charge in [-0.3, -0.25) is 0 Å². The van der Waals surface area contributed by atoms with Crippen LogP contribution in [0.5, 0.6) is 0 Å². The lowest BCUT2D eigenvalue weighted by atomic mass is 9.86. The molecule has 1 N–H and O–H groups in total. The average Bonchev–Trinajstić information content (AvgIpc) is 3.65. The smallest absolute Gasteiger partial charge is 0.164 e. The van der Waals surface area contributed by atoms with Gasteiger partial charge in [0.05, 0.1) is 17.3 Å². The van der Waals surface area contributed by atoms with E-state index < -0.39 is 0 Å². The summed E-state index contributed by atoms with van der Waals surface area (Å²) in [7, 11) is 0. The quantitative estimate of drug-likeness (QED) is 0.231. The lowest BCUT2D eigenvalue weighted by Gasteiger charge is -2.25. The van der Waals surface area contributed by atoms with Gasteiger partial charge in [0.2, 0.25) is 0 Å². The molecule has 2 aliphatic rings. The maximum absolute atomic E-state index is 4.93. The third kappa shape index (κ3) is 3.90. The Hall–Kier alpha value is -5.81. The number of hydrogen-bond donors (Lipinski definition) is 1. The molecule has 9 rings (SSSR count). The highest BCUT2D eigenvalue weighted by molar-refractivity contribution is 5.94. The summed E-state index contributed by atoms with van der Waals surface area (Å²) in [5.41, 5.74) is 10.3. The molecule has 0 saturated heterocycles. The molecule has 3 heterocycles. The van der Waals surface area contributed by atoms with E-state index in [9.17, 15) is 0 Å². The monoisotopic (exact) mass is 565 g/mol. The van der Waals surface area contributed by atoms with Crippen LogP contribution in [0.3, 0.4) is 0 Å². The minimum atomic E-state index is 0.157. The van der Waals surface area contributed by atoms with Crippen molar-refractivity contribution < 1.29 is 0 Å². The average molecular weight is 566 g/mol. The number of para-hydroxylation sites is 2. The van der Waals surface area contributed by atoms with Gasteiger partial charge in [0.25, 0.3) is 0 Å². The lowest BCUT2D eigenvalue weighted by molar-refractivity contribution is 0.689. The molecule has 2 aromatic heterocycles. The molecule has 1 aliphatic carbocycles. The fourth-order valence-corrected chi connectivity index (χ4v) is 6.75. The van der Waals surface area contributed by atoms with Gasteiger partial charge in [-0.2, -0.15) is 0 Å². The predicted molar refractivity (Wildman–Crippen MR) is 178 cm³/mol. The standard InChI is InChI=1S/C39H27N5/c1-3-11-25(12-4-1)37-41-38(26-13-5-2-6-14-26)43-39(42-37)27-19-21-28(22-20-27)44-34-18-10-8-16-30(34)32-24-23-31-29-15-7-9-17-33(29)40-35(31)36(32)44/h1-24,31,35,40H. The Balaban J connectivity index is 1.17. The van der Waals surface area contributed by atoms with Gasteiger partial charge in [0.1, 0.15) is 0 Å². The van der Waals surface area contributed by atoms with E-state index in [1.807, 2.05) is 60.7 Å². The van der Waals surface area contributed by atoms with Gasteiger partial charge in [0.15, 0.2) is 17.5 Å². The Morgan fingerprint density at radius 1 is 0.545 bits per heavy atom. The van der Waals surface area contributed by atoms with E-state index in [2.05, 4.69) is 94.8 Å². The molecule has 5 nitrogen and oxygen atoms in total. The van der Waals surface area contributed by atoms with Crippen molar-refractivity contribution in [2.24, 2.45) is 0 Å². The molecule has 5 aromatic carbocycles. The lowest BCUT2D eigenvalue weighted by Crippen LogP contribution is -2.18. The first-order chi connectivity index (χ1) is 21.8. The summed E-state index contributed by atoms with van der Waals surface area (Å²) >= 11 is 0. The highest BCUT2D eigenvalue weighted by Crippen LogP contribution is 2.51. The molecule has 0 saturated carbocycles. The zero-order valence-electron chi connectivity index (χ0n) is 23.8. The van der Waals surface area contributed by atoms with Gasteiger partial charge in [-0.25, -0.2) is 15.0 Å². The van der Waals surface area contributed by atoms with Crippen LogP contribution in [0.25, 0.3) is 56.8 Å². The largest absolute Gasteiger partial charge is 0.376 e. The fourth-order valence-electron chi connectivity index (χ4n) is 6.75. The third-order valence-corrected chi connectivity index (χ3v) is 8.79. The summed E-state index contributed by atoms with van der Waals surface area (Å²) in [6, 6.07) is 46.3. The van der Waals surface area contributed by atoms with Crippen molar-refractivity contribution in [1.29, 1.82) is 0 Å². The summed E-state index contributed by atoms with van der Waals surface area (Å²) in [6.07, 6.45) is 4.68. The van der Waals surface area contributed by atoms with Crippen molar-refractivity contribution in [3.63, 3.8) is 0 Å². The van der Waals surface area contributed by atoms with E-state index >= 15 is 0 Å². The molecule has 44 heavy (non-hydrogen) atoms. The van der Waals surface area contributed by atoms with Gasteiger partial charge < -0.3 is 9.88 Å². The molecule has 208 valence electrons. The van der Waals surface area contributed by atoms with Gasteiger partial charge in [-0.1, -0.05) is 109 Å². The maximum Gasteiger partial charge on any atom is 0.164 e. The molecule has 0 fully saturated rings. The highest BCUT2D eigenvalue weighted by Gasteiger charge is 2.38. The summed E-state index contributed by atoms with van der Waals surface area (Å²) in [5.74, 6) is 2.26. The number of rotatable bonds is 4. The van der Waals surface area contributed by atoms with E-state index in [4.69, 9.17) is 15.0 Å². The number of fused-ring (bicyclic) bond motifs is 7. The van der Waals surface area contributed by atoms with E-state index in [-0.39, 0.29) is 6.04 Å². The van der Waals surface area contributed by atoms with Crippen molar-refractivity contribution in [3.8, 4) is 39.9 Å². The van der Waals surface area contributed by atoms with Gasteiger partial charge in [-0.05, 0) is 42.0 Å². The van der Waals surface area contributed by atoms with Crippen LogP contribution in [0.1, 0.15) is 28.8 Å². The van der Waals surface area contributed by atoms with Crippen molar-refractivity contribution in [2.75, 3.05) is 5.32 Å². The molecule has 5 heteroatoms. The summed E-state index contributed by atoms with van der Waals surface area (Å²) in [5, 5.41) is 5.11. The number of anilines is 1. The minimum absolute atomic E-state index is 0.157. The van der Waals surface area contributed by atoms with E-state index in [1.165, 1.54) is 33.4 Å². The Morgan fingerprint density at radius 3 is 1.80 bits per heavy atom. The zero-order chi connectivity index (χ0) is 29.0. The topological polar surface area (TPSA) is 55.6 Å².